The minimum atomic E-state index is -0.665. The second-order valence-corrected chi connectivity index (χ2v) is 5.22. The van der Waals surface area contributed by atoms with Crippen molar-refractivity contribution < 1.29 is 9.53 Å². The monoisotopic (exact) mass is 248 g/mol. The number of methoxy groups -OCH3 is 1. The maximum atomic E-state index is 11.9. The highest BCUT2D eigenvalue weighted by Gasteiger charge is 2.46. The Morgan fingerprint density at radius 2 is 2.11 bits per heavy atom. The van der Waals surface area contributed by atoms with Crippen LogP contribution < -0.4 is 15.8 Å². The molecule has 3 N–H and O–H groups in total. The third-order valence-corrected chi connectivity index (χ3v) is 3.38. The van der Waals surface area contributed by atoms with Gasteiger partial charge in [-0.25, -0.2) is 0 Å². The van der Waals surface area contributed by atoms with Crippen LogP contribution >= 0.6 is 0 Å². The van der Waals surface area contributed by atoms with Crippen molar-refractivity contribution >= 4 is 11.6 Å². The van der Waals surface area contributed by atoms with E-state index in [1.807, 2.05) is 18.2 Å². The van der Waals surface area contributed by atoms with Crippen LogP contribution in [0.5, 0.6) is 5.75 Å². The average Bonchev–Trinajstić information content (AvgIpc) is 3.09. The van der Waals surface area contributed by atoms with Crippen LogP contribution in [-0.2, 0) is 4.79 Å². The van der Waals surface area contributed by atoms with E-state index in [1.54, 1.807) is 7.11 Å². The summed E-state index contributed by atoms with van der Waals surface area (Å²) in [6.07, 6.45) is 1.51. The predicted molar refractivity (Wildman–Crippen MR) is 71.9 cm³/mol. The van der Waals surface area contributed by atoms with Crippen LogP contribution in [0.2, 0.25) is 0 Å². The highest BCUT2D eigenvalue weighted by molar-refractivity contribution is 6.01. The van der Waals surface area contributed by atoms with Gasteiger partial charge in [-0.3, -0.25) is 4.79 Å². The molecule has 0 aromatic heterocycles. The second-order valence-electron chi connectivity index (χ2n) is 5.22. The molecule has 0 aliphatic heterocycles. The summed E-state index contributed by atoms with van der Waals surface area (Å²) in [6.45, 7) is 4.23. The third kappa shape index (κ3) is 2.48. The van der Waals surface area contributed by atoms with E-state index in [-0.39, 0.29) is 5.91 Å². The van der Waals surface area contributed by atoms with E-state index in [0.29, 0.717) is 17.4 Å². The molecule has 4 heteroatoms. The van der Waals surface area contributed by atoms with Crippen molar-refractivity contribution in [3.8, 4) is 5.75 Å². The van der Waals surface area contributed by atoms with Crippen LogP contribution in [0.3, 0.4) is 0 Å². The lowest BCUT2D eigenvalue weighted by Crippen LogP contribution is -2.37. The van der Waals surface area contributed by atoms with Gasteiger partial charge < -0.3 is 15.8 Å². The fourth-order valence-corrected chi connectivity index (χ4v) is 1.78. The van der Waals surface area contributed by atoms with E-state index in [1.165, 1.54) is 5.56 Å². The quantitative estimate of drug-likeness (QED) is 0.859. The zero-order valence-corrected chi connectivity index (χ0v) is 11.1. The van der Waals surface area contributed by atoms with Crippen LogP contribution in [-0.4, -0.2) is 18.6 Å². The van der Waals surface area contributed by atoms with Gasteiger partial charge in [0, 0.05) is 0 Å². The molecule has 4 nitrogen and oxygen atoms in total. The standard InChI is InChI=1S/C14H20N2O2/c1-9(2)10-4-5-11(12(8-10)18-3)16-13(17)14(15)6-7-14/h4-5,8-9H,6-7,15H2,1-3H3,(H,16,17). The number of ether oxygens (including phenoxy) is 1. The van der Waals surface area contributed by atoms with Crippen molar-refractivity contribution in [1.82, 2.24) is 0 Å². The van der Waals surface area contributed by atoms with E-state index < -0.39 is 5.54 Å². The number of hydrogen-bond acceptors (Lipinski definition) is 3. The Bertz CT molecular complexity index is 465. The van der Waals surface area contributed by atoms with Crippen molar-refractivity contribution in [2.75, 3.05) is 12.4 Å². The van der Waals surface area contributed by atoms with Crippen molar-refractivity contribution in [2.45, 2.75) is 38.1 Å². The Balaban J connectivity index is 2.19. The molecule has 0 spiro atoms. The summed E-state index contributed by atoms with van der Waals surface area (Å²) in [7, 11) is 1.60. The van der Waals surface area contributed by atoms with Gasteiger partial charge in [0.15, 0.2) is 0 Å². The molecule has 1 aliphatic carbocycles. The zero-order valence-electron chi connectivity index (χ0n) is 11.1. The highest BCUT2D eigenvalue weighted by atomic mass is 16.5. The summed E-state index contributed by atoms with van der Waals surface area (Å²) < 4.78 is 5.31. The molecule has 1 aromatic rings. The molecule has 0 atom stereocenters. The van der Waals surface area contributed by atoms with Gasteiger partial charge in [0.05, 0.1) is 18.3 Å². The largest absolute Gasteiger partial charge is 0.495 e. The number of hydrogen-bond donors (Lipinski definition) is 2. The first-order chi connectivity index (χ1) is 8.46. The summed E-state index contributed by atoms with van der Waals surface area (Å²) in [5.74, 6) is 0.977. The Morgan fingerprint density at radius 1 is 1.44 bits per heavy atom. The molecule has 0 bridgehead atoms. The number of amides is 1. The molecule has 1 aliphatic rings. The molecule has 1 saturated carbocycles. The fraction of sp³-hybridized carbons (Fsp3) is 0.500. The summed E-state index contributed by atoms with van der Waals surface area (Å²) in [6, 6.07) is 5.83. The summed E-state index contributed by atoms with van der Waals surface area (Å²) in [5.41, 5.74) is 7.05. The van der Waals surface area contributed by atoms with Crippen LogP contribution in [0.15, 0.2) is 18.2 Å². The van der Waals surface area contributed by atoms with Gasteiger partial charge >= 0.3 is 0 Å². The predicted octanol–water partition coefficient (Wildman–Crippen LogP) is 2.25. The molecule has 0 heterocycles. The highest BCUT2D eigenvalue weighted by Crippen LogP contribution is 2.35. The number of carbonyl (C=O) groups is 1. The second kappa shape index (κ2) is 4.61. The van der Waals surface area contributed by atoms with Gasteiger partial charge in [0.1, 0.15) is 5.75 Å². The lowest BCUT2D eigenvalue weighted by molar-refractivity contribution is -0.118. The van der Waals surface area contributed by atoms with Crippen molar-refractivity contribution in [1.29, 1.82) is 0 Å². The Hall–Kier alpha value is -1.55. The maximum absolute atomic E-state index is 11.9. The summed E-state index contributed by atoms with van der Waals surface area (Å²) >= 11 is 0. The average molecular weight is 248 g/mol. The molecule has 0 radical (unpaired) electrons. The molecule has 1 amide bonds. The first kappa shape index (κ1) is 12.9. The Labute approximate surface area is 108 Å². The van der Waals surface area contributed by atoms with Crippen molar-refractivity contribution in [3.63, 3.8) is 0 Å². The molecule has 0 unspecified atom stereocenters. The number of anilines is 1. The van der Waals surface area contributed by atoms with Crippen molar-refractivity contribution in [2.24, 2.45) is 5.73 Å². The van der Waals surface area contributed by atoms with Crippen LogP contribution in [0.25, 0.3) is 0 Å². The molecule has 1 fully saturated rings. The fourth-order valence-electron chi connectivity index (χ4n) is 1.78. The summed E-state index contributed by atoms with van der Waals surface area (Å²) in [4.78, 5) is 11.9. The normalized spacial score (nSPS) is 16.5. The van der Waals surface area contributed by atoms with Crippen molar-refractivity contribution in [3.05, 3.63) is 23.8 Å². The van der Waals surface area contributed by atoms with Gasteiger partial charge in [-0.05, 0) is 36.5 Å². The topological polar surface area (TPSA) is 64.3 Å². The SMILES string of the molecule is COc1cc(C(C)C)ccc1NC(=O)C1(N)CC1. The minimum absolute atomic E-state index is 0.127. The van der Waals surface area contributed by atoms with Gasteiger partial charge in [-0.1, -0.05) is 19.9 Å². The Kier molecular flexibility index (Phi) is 3.30. The molecular weight excluding hydrogens is 228 g/mol. The first-order valence-electron chi connectivity index (χ1n) is 6.24. The number of benzene rings is 1. The first-order valence-corrected chi connectivity index (χ1v) is 6.24. The van der Waals surface area contributed by atoms with Gasteiger partial charge in [0.25, 0.3) is 0 Å². The van der Waals surface area contributed by atoms with Crippen LogP contribution in [0.1, 0.15) is 38.2 Å². The minimum Gasteiger partial charge on any atom is -0.495 e. The zero-order chi connectivity index (χ0) is 13.3. The molecule has 98 valence electrons. The molecule has 1 aromatic carbocycles. The van der Waals surface area contributed by atoms with Gasteiger partial charge in [-0.2, -0.15) is 0 Å². The van der Waals surface area contributed by atoms with E-state index in [4.69, 9.17) is 10.5 Å². The maximum Gasteiger partial charge on any atom is 0.244 e. The lowest BCUT2D eigenvalue weighted by atomic mass is 10.0. The van der Waals surface area contributed by atoms with E-state index in [9.17, 15) is 4.79 Å². The lowest BCUT2D eigenvalue weighted by Gasteiger charge is -2.15. The van der Waals surface area contributed by atoms with Crippen LogP contribution in [0, 0.1) is 0 Å². The van der Waals surface area contributed by atoms with E-state index in [2.05, 4.69) is 19.2 Å². The molecule has 18 heavy (non-hydrogen) atoms. The number of rotatable bonds is 4. The summed E-state index contributed by atoms with van der Waals surface area (Å²) in [5, 5.41) is 2.84. The smallest absolute Gasteiger partial charge is 0.244 e. The van der Waals surface area contributed by atoms with Gasteiger partial charge in [-0.15, -0.1) is 0 Å². The van der Waals surface area contributed by atoms with E-state index >= 15 is 0 Å². The van der Waals surface area contributed by atoms with Crippen LogP contribution in [0.4, 0.5) is 5.69 Å². The number of nitrogens with one attached hydrogen (secondary N) is 1. The van der Waals surface area contributed by atoms with E-state index in [0.717, 1.165) is 12.8 Å². The third-order valence-electron chi connectivity index (χ3n) is 3.38. The molecule has 0 saturated heterocycles. The van der Waals surface area contributed by atoms with Gasteiger partial charge in [0.2, 0.25) is 5.91 Å². The Morgan fingerprint density at radius 3 is 2.61 bits per heavy atom. The number of nitrogens with two attached hydrogens (primary N) is 1. The molecule has 2 rings (SSSR count). The molecular formula is C14H20N2O2. The number of carbonyl (C=O) groups excluding carboxylic acids is 1.